The highest BCUT2D eigenvalue weighted by molar-refractivity contribution is 5.77. The van der Waals surface area contributed by atoms with Crippen molar-refractivity contribution in [3.8, 4) is 0 Å². The van der Waals surface area contributed by atoms with Gasteiger partial charge in [0.15, 0.2) is 0 Å². The first kappa shape index (κ1) is 14.4. The van der Waals surface area contributed by atoms with E-state index < -0.39 is 0 Å². The zero-order chi connectivity index (χ0) is 11.7. The van der Waals surface area contributed by atoms with Gasteiger partial charge in [0.2, 0.25) is 5.91 Å². The molecule has 0 aromatic rings. The molecule has 90 valence electrons. The van der Waals surface area contributed by atoms with Crippen molar-refractivity contribution in [2.75, 3.05) is 33.4 Å². The molecule has 0 fully saturated rings. The minimum Gasteiger partial charge on any atom is -0.383 e. The summed E-state index contributed by atoms with van der Waals surface area (Å²) in [5.74, 6) is 0.0487. The fraction of sp³-hybridized carbons (Fsp3) is 0.909. The monoisotopic (exact) mass is 216 g/mol. The highest BCUT2D eigenvalue weighted by atomic mass is 16.5. The third-order valence-corrected chi connectivity index (χ3v) is 2.49. The molecule has 0 saturated carbocycles. The van der Waals surface area contributed by atoms with Crippen molar-refractivity contribution < 1.29 is 9.53 Å². The second-order valence-corrected chi connectivity index (χ2v) is 4.46. The molecule has 0 spiro atoms. The van der Waals surface area contributed by atoms with Crippen LogP contribution < -0.4 is 10.6 Å². The highest BCUT2D eigenvalue weighted by Gasteiger charge is 2.15. The van der Waals surface area contributed by atoms with Crippen LogP contribution in [-0.4, -0.2) is 39.3 Å². The Morgan fingerprint density at radius 2 is 2.07 bits per heavy atom. The number of hydrogen-bond donors (Lipinski definition) is 2. The number of carbonyl (C=O) groups excluding carboxylic acids is 1. The van der Waals surface area contributed by atoms with Crippen molar-refractivity contribution in [3.05, 3.63) is 0 Å². The van der Waals surface area contributed by atoms with Crippen molar-refractivity contribution in [1.82, 2.24) is 10.6 Å². The average Bonchev–Trinajstić information content (AvgIpc) is 2.22. The van der Waals surface area contributed by atoms with E-state index in [0.29, 0.717) is 19.7 Å². The lowest BCUT2D eigenvalue weighted by Gasteiger charge is -2.22. The quantitative estimate of drug-likeness (QED) is 0.589. The Bertz CT molecular complexity index is 181. The Labute approximate surface area is 92.8 Å². The van der Waals surface area contributed by atoms with E-state index in [1.54, 1.807) is 7.11 Å². The smallest absolute Gasteiger partial charge is 0.233 e. The summed E-state index contributed by atoms with van der Waals surface area (Å²) < 4.78 is 4.86. The molecule has 1 amide bonds. The summed E-state index contributed by atoms with van der Waals surface area (Å²) in [5.41, 5.74) is 0.183. The van der Waals surface area contributed by atoms with Gasteiger partial charge in [0.25, 0.3) is 0 Å². The first-order valence-corrected chi connectivity index (χ1v) is 5.48. The molecule has 15 heavy (non-hydrogen) atoms. The molecular formula is C11H24N2O2. The standard InChI is InChI=1S/C11H24N2O2/c1-5-11(2,3)9-13-10(14)8-12-6-7-15-4/h12H,5-9H2,1-4H3,(H,13,14). The Morgan fingerprint density at radius 1 is 1.40 bits per heavy atom. The first-order valence-electron chi connectivity index (χ1n) is 5.48. The molecule has 0 aromatic carbocycles. The number of rotatable bonds is 8. The lowest BCUT2D eigenvalue weighted by atomic mass is 9.90. The van der Waals surface area contributed by atoms with Gasteiger partial charge >= 0.3 is 0 Å². The summed E-state index contributed by atoms with van der Waals surface area (Å²) in [5, 5.41) is 5.91. The van der Waals surface area contributed by atoms with Crippen LogP contribution in [0.2, 0.25) is 0 Å². The van der Waals surface area contributed by atoms with Crippen LogP contribution in [0.25, 0.3) is 0 Å². The fourth-order valence-corrected chi connectivity index (χ4v) is 0.902. The van der Waals surface area contributed by atoms with Crippen molar-refractivity contribution in [3.63, 3.8) is 0 Å². The van der Waals surface area contributed by atoms with E-state index in [-0.39, 0.29) is 11.3 Å². The maximum Gasteiger partial charge on any atom is 0.233 e. The first-order chi connectivity index (χ1) is 7.02. The van der Waals surface area contributed by atoms with E-state index in [0.717, 1.165) is 13.0 Å². The maximum absolute atomic E-state index is 11.4. The van der Waals surface area contributed by atoms with Gasteiger partial charge in [-0.25, -0.2) is 0 Å². The average molecular weight is 216 g/mol. The van der Waals surface area contributed by atoms with E-state index in [2.05, 4.69) is 31.4 Å². The number of carbonyl (C=O) groups is 1. The molecule has 0 rings (SSSR count). The molecule has 0 heterocycles. The lowest BCUT2D eigenvalue weighted by Crippen LogP contribution is -2.39. The molecule has 0 atom stereocenters. The third kappa shape index (κ3) is 8.39. The van der Waals surface area contributed by atoms with Gasteiger partial charge < -0.3 is 15.4 Å². The number of nitrogens with one attached hydrogen (secondary N) is 2. The summed E-state index contributed by atoms with van der Waals surface area (Å²) in [6.07, 6.45) is 1.06. The van der Waals surface area contributed by atoms with Crippen molar-refractivity contribution >= 4 is 5.91 Å². The van der Waals surface area contributed by atoms with Crippen LogP contribution in [-0.2, 0) is 9.53 Å². The molecule has 2 N–H and O–H groups in total. The molecule has 0 radical (unpaired) electrons. The van der Waals surface area contributed by atoms with Crippen molar-refractivity contribution in [2.45, 2.75) is 27.2 Å². The van der Waals surface area contributed by atoms with Crippen LogP contribution in [0.3, 0.4) is 0 Å². The summed E-state index contributed by atoms with van der Waals surface area (Å²) in [4.78, 5) is 11.4. The second-order valence-electron chi connectivity index (χ2n) is 4.46. The molecule has 0 aliphatic carbocycles. The normalized spacial score (nSPS) is 11.5. The molecule has 0 bridgehead atoms. The molecular weight excluding hydrogens is 192 g/mol. The summed E-state index contributed by atoms with van der Waals surface area (Å²) >= 11 is 0. The van der Waals surface area contributed by atoms with Gasteiger partial charge in [-0.05, 0) is 11.8 Å². The number of hydrogen-bond acceptors (Lipinski definition) is 3. The van der Waals surface area contributed by atoms with E-state index in [4.69, 9.17) is 4.74 Å². The molecule has 0 aromatic heterocycles. The largest absolute Gasteiger partial charge is 0.383 e. The molecule has 0 saturated heterocycles. The molecule has 0 unspecified atom stereocenters. The van der Waals surface area contributed by atoms with E-state index in [1.807, 2.05) is 0 Å². The van der Waals surface area contributed by atoms with Crippen LogP contribution in [0.15, 0.2) is 0 Å². The SMILES string of the molecule is CCC(C)(C)CNC(=O)CNCCOC. The predicted molar refractivity (Wildman–Crippen MR) is 61.8 cm³/mol. The molecule has 4 heteroatoms. The number of amides is 1. The fourth-order valence-electron chi connectivity index (χ4n) is 0.902. The van der Waals surface area contributed by atoms with Gasteiger partial charge in [-0.2, -0.15) is 0 Å². The van der Waals surface area contributed by atoms with Crippen LogP contribution in [0.1, 0.15) is 27.2 Å². The van der Waals surface area contributed by atoms with Gasteiger partial charge in [-0.1, -0.05) is 20.8 Å². The zero-order valence-corrected chi connectivity index (χ0v) is 10.4. The van der Waals surface area contributed by atoms with Gasteiger partial charge in [-0.15, -0.1) is 0 Å². The van der Waals surface area contributed by atoms with Gasteiger partial charge in [0, 0.05) is 20.2 Å². The van der Waals surface area contributed by atoms with E-state index in [1.165, 1.54) is 0 Å². The predicted octanol–water partition coefficient (Wildman–Crippen LogP) is 0.775. The maximum atomic E-state index is 11.4. The summed E-state index contributed by atoms with van der Waals surface area (Å²) in [6, 6.07) is 0. The van der Waals surface area contributed by atoms with E-state index >= 15 is 0 Å². The van der Waals surface area contributed by atoms with E-state index in [9.17, 15) is 4.79 Å². The number of methoxy groups -OCH3 is 1. The molecule has 0 aliphatic rings. The highest BCUT2D eigenvalue weighted by Crippen LogP contribution is 2.17. The van der Waals surface area contributed by atoms with Gasteiger partial charge in [0.1, 0.15) is 0 Å². The topological polar surface area (TPSA) is 50.4 Å². The van der Waals surface area contributed by atoms with Crippen LogP contribution in [0.4, 0.5) is 0 Å². The van der Waals surface area contributed by atoms with Gasteiger partial charge in [-0.3, -0.25) is 4.79 Å². The summed E-state index contributed by atoms with van der Waals surface area (Å²) in [7, 11) is 1.64. The number of ether oxygens (including phenoxy) is 1. The zero-order valence-electron chi connectivity index (χ0n) is 10.4. The Balaban J connectivity index is 3.49. The lowest BCUT2D eigenvalue weighted by molar-refractivity contribution is -0.120. The van der Waals surface area contributed by atoms with Crippen LogP contribution in [0, 0.1) is 5.41 Å². The van der Waals surface area contributed by atoms with Crippen LogP contribution in [0.5, 0.6) is 0 Å². The summed E-state index contributed by atoms with van der Waals surface area (Å²) in [6.45, 7) is 8.85. The third-order valence-electron chi connectivity index (χ3n) is 2.49. The van der Waals surface area contributed by atoms with Crippen molar-refractivity contribution in [2.24, 2.45) is 5.41 Å². The molecule has 0 aliphatic heterocycles. The Morgan fingerprint density at radius 3 is 2.60 bits per heavy atom. The Hall–Kier alpha value is -0.610. The van der Waals surface area contributed by atoms with Crippen LogP contribution >= 0.6 is 0 Å². The Kier molecular flexibility index (Phi) is 7.34. The molecule has 4 nitrogen and oxygen atoms in total. The second kappa shape index (κ2) is 7.65. The minimum absolute atomic E-state index is 0.0487. The van der Waals surface area contributed by atoms with Gasteiger partial charge in [0.05, 0.1) is 13.2 Å². The minimum atomic E-state index is 0.0487. The van der Waals surface area contributed by atoms with Crippen molar-refractivity contribution in [1.29, 1.82) is 0 Å².